The fourth-order valence-corrected chi connectivity index (χ4v) is 4.40. The van der Waals surface area contributed by atoms with Crippen LogP contribution in [0.1, 0.15) is 25.0 Å². The van der Waals surface area contributed by atoms with Crippen molar-refractivity contribution in [2.45, 2.75) is 19.3 Å². The highest BCUT2D eigenvalue weighted by molar-refractivity contribution is 7.80. The number of rotatable bonds is 11. The third kappa shape index (κ3) is 5.85. The van der Waals surface area contributed by atoms with Crippen LogP contribution < -0.4 is 10.2 Å². The molecule has 0 bridgehead atoms. The number of fused-ring (bicyclic) bond motifs is 1. The van der Waals surface area contributed by atoms with Crippen molar-refractivity contribution in [3.63, 3.8) is 0 Å². The molecule has 1 aliphatic rings. The molecule has 3 N–H and O–H groups in total. The van der Waals surface area contributed by atoms with E-state index in [0.29, 0.717) is 25.4 Å². The van der Waals surface area contributed by atoms with E-state index in [9.17, 15) is 15.0 Å². The summed E-state index contributed by atoms with van der Waals surface area (Å²) in [5.41, 5.74) is 5.07. The normalized spacial score (nSPS) is 14.6. The van der Waals surface area contributed by atoms with Crippen LogP contribution in [0.2, 0.25) is 0 Å². The van der Waals surface area contributed by atoms with Gasteiger partial charge >= 0.3 is 0 Å². The van der Waals surface area contributed by atoms with Gasteiger partial charge in [-0.3, -0.25) is 4.79 Å². The van der Waals surface area contributed by atoms with Crippen LogP contribution in [0.4, 0.5) is 11.4 Å². The quantitative estimate of drug-likeness (QED) is 0.302. The molecular formula is C26H34N3O3S+. The van der Waals surface area contributed by atoms with Gasteiger partial charge in [0, 0.05) is 48.8 Å². The van der Waals surface area contributed by atoms with E-state index in [1.54, 1.807) is 0 Å². The summed E-state index contributed by atoms with van der Waals surface area (Å²) in [6.07, 6.45) is 4.16. The van der Waals surface area contributed by atoms with E-state index in [1.165, 1.54) is 5.56 Å². The lowest BCUT2D eigenvalue weighted by Gasteiger charge is -2.22. The fraction of sp³-hybridized carbons (Fsp3) is 0.385. The van der Waals surface area contributed by atoms with Crippen molar-refractivity contribution in [1.82, 2.24) is 5.32 Å². The summed E-state index contributed by atoms with van der Waals surface area (Å²) in [5, 5.41) is 21.5. The third-order valence-corrected chi connectivity index (χ3v) is 6.19. The highest BCUT2D eigenvalue weighted by Gasteiger charge is 2.44. The maximum absolute atomic E-state index is 12.5. The number of benzene rings is 2. The Labute approximate surface area is 201 Å². The highest BCUT2D eigenvalue weighted by Crippen LogP contribution is 2.39. The minimum absolute atomic E-state index is 0.0281. The van der Waals surface area contributed by atoms with Crippen LogP contribution in [0.3, 0.4) is 0 Å². The Morgan fingerprint density at radius 2 is 1.73 bits per heavy atom. The zero-order chi connectivity index (χ0) is 23.8. The van der Waals surface area contributed by atoms with E-state index in [0.717, 1.165) is 22.6 Å². The lowest BCUT2D eigenvalue weighted by atomic mass is 9.81. The lowest BCUT2D eigenvalue weighted by Crippen LogP contribution is -2.35. The molecule has 0 saturated carbocycles. The van der Waals surface area contributed by atoms with E-state index in [2.05, 4.69) is 60.7 Å². The Bertz CT molecular complexity index is 1010. The smallest absolute Gasteiger partial charge is 0.286 e. The molecule has 0 radical (unpaired) electrons. The topological polar surface area (TPSA) is 75.8 Å². The van der Waals surface area contributed by atoms with Gasteiger partial charge in [-0.1, -0.05) is 30.3 Å². The number of amides is 1. The first-order chi connectivity index (χ1) is 15.9. The Morgan fingerprint density at radius 3 is 2.36 bits per heavy atom. The molecule has 0 saturated heterocycles. The molecule has 1 amide bonds. The first-order valence-corrected chi connectivity index (χ1v) is 11.9. The van der Waals surface area contributed by atoms with Crippen molar-refractivity contribution >= 4 is 41.7 Å². The molecule has 0 atom stereocenters. The van der Waals surface area contributed by atoms with E-state index in [4.69, 9.17) is 0 Å². The molecule has 1 heterocycles. The zero-order valence-corrected chi connectivity index (χ0v) is 20.3. The summed E-state index contributed by atoms with van der Waals surface area (Å²) < 4.78 is 2.10. The molecule has 0 aromatic heterocycles. The largest absolute Gasteiger partial charge is 0.395 e. The average molecular weight is 469 g/mol. The molecule has 2 aromatic rings. The van der Waals surface area contributed by atoms with Gasteiger partial charge in [0.2, 0.25) is 12.2 Å². The van der Waals surface area contributed by atoms with Crippen LogP contribution in [0.15, 0.2) is 54.6 Å². The molecule has 6 nitrogen and oxygen atoms in total. The van der Waals surface area contributed by atoms with Gasteiger partial charge in [-0.2, -0.15) is 17.2 Å². The van der Waals surface area contributed by atoms with Crippen LogP contribution in [-0.2, 0) is 10.2 Å². The minimum Gasteiger partial charge on any atom is -0.395 e. The van der Waals surface area contributed by atoms with Crippen LogP contribution >= 0.6 is 12.6 Å². The van der Waals surface area contributed by atoms with Crippen molar-refractivity contribution in [2.75, 3.05) is 50.0 Å². The van der Waals surface area contributed by atoms with Gasteiger partial charge in [-0.05, 0) is 37.6 Å². The van der Waals surface area contributed by atoms with Crippen molar-refractivity contribution in [2.24, 2.45) is 0 Å². The van der Waals surface area contributed by atoms with Crippen molar-refractivity contribution in [3.05, 3.63) is 65.7 Å². The van der Waals surface area contributed by atoms with E-state index < -0.39 is 0 Å². The number of thiol groups is 1. The number of para-hydroxylation sites is 1. The third-order valence-electron chi connectivity index (χ3n) is 5.97. The second-order valence-corrected chi connectivity index (χ2v) is 8.99. The number of aliphatic hydroxyl groups is 2. The lowest BCUT2D eigenvalue weighted by molar-refractivity contribution is -0.425. The number of hydrogen-bond acceptors (Lipinski definition) is 5. The SMILES string of the molecule is CC1(C)C(/C=C/c2ccc(N(CCO)CCO)cc2)=[N+](CC(=O)NCCS)c2ccccc21. The zero-order valence-electron chi connectivity index (χ0n) is 19.4. The monoisotopic (exact) mass is 468 g/mol. The van der Waals surface area contributed by atoms with E-state index in [-0.39, 0.29) is 31.1 Å². The molecule has 7 heteroatoms. The standard InChI is InChI=1S/C26H33N3O3S/c1-26(2)22-5-3-4-6-23(22)29(19-25(32)27-13-18-33)24(26)12-9-20-7-10-21(11-8-20)28(14-16-30)15-17-31/h3-12,30-31H,13-19H2,1-2H3,(H-,27,32,33)/p+1. The molecular weight excluding hydrogens is 434 g/mol. The van der Waals surface area contributed by atoms with Crippen LogP contribution in [0.25, 0.3) is 6.08 Å². The van der Waals surface area contributed by atoms with Crippen LogP contribution in [-0.4, -0.2) is 71.6 Å². The average Bonchev–Trinajstić information content (AvgIpc) is 3.02. The number of allylic oxidation sites excluding steroid dienone is 1. The first kappa shape index (κ1) is 25.0. The van der Waals surface area contributed by atoms with Gasteiger partial charge < -0.3 is 20.4 Å². The minimum atomic E-state index is -0.240. The molecule has 1 aliphatic heterocycles. The van der Waals surface area contributed by atoms with Crippen molar-refractivity contribution < 1.29 is 19.6 Å². The Morgan fingerprint density at radius 1 is 1.06 bits per heavy atom. The van der Waals surface area contributed by atoms with Gasteiger partial charge in [0.25, 0.3) is 5.91 Å². The fourth-order valence-electron chi connectivity index (χ4n) is 4.29. The van der Waals surface area contributed by atoms with E-state index >= 15 is 0 Å². The molecule has 0 spiro atoms. The Kier molecular flexibility index (Phi) is 8.72. The van der Waals surface area contributed by atoms with Crippen LogP contribution in [0.5, 0.6) is 0 Å². The molecule has 0 unspecified atom stereocenters. The Hall–Kier alpha value is -2.61. The summed E-state index contributed by atoms with van der Waals surface area (Å²) in [5.74, 6) is 0.577. The maximum Gasteiger partial charge on any atom is 0.286 e. The number of hydrogen-bond donors (Lipinski definition) is 4. The molecule has 176 valence electrons. The van der Waals surface area contributed by atoms with Gasteiger partial charge in [0.15, 0.2) is 5.71 Å². The highest BCUT2D eigenvalue weighted by atomic mass is 32.1. The van der Waals surface area contributed by atoms with Gasteiger partial charge in [-0.25, -0.2) is 0 Å². The number of nitrogens with zero attached hydrogens (tertiary/aromatic N) is 2. The first-order valence-electron chi connectivity index (χ1n) is 11.3. The Balaban J connectivity index is 1.90. The molecule has 2 aromatic carbocycles. The number of carbonyl (C=O) groups is 1. The van der Waals surface area contributed by atoms with Gasteiger partial charge in [0.1, 0.15) is 0 Å². The summed E-state index contributed by atoms with van der Waals surface area (Å²) >= 11 is 4.18. The second kappa shape index (κ2) is 11.5. The summed E-state index contributed by atoms with van der Waals surface area (Å²) in [4.78, 5) is 14.5. The number of nitrogens with one attached hydrogen (secondary N) is 1. The number of aliphatic hydroxyl groups excluding tert-OH is 2. The molecule has 0 fully saturated rings. The van der Waals surface area contributed by atoms with Crippen molar-refractivity contribution in [1.29, 1.82) is 0 Å². The summed E-state index contributed by atoms with van der Waals surface area (Å²) in [7, 11) is 0. The maximum atomic E-state index is 12.5. The molecule has 3 rings (SSSR count). The summed E-state index contributed by atoms with van der Waals surface area (Å²) in [6.45, 7) is 6.19. The van der Waals surface area contributed by atoms with E-state index in [1.807, 2.05) is 41.3 Å². The predicted octanol–water partition coefficient (Wildman–Crippen LogP) is 2.61. The molecule has 33 heavy (non-hydrogen) atoms. The van der Waals surface area contributed by atoms with Crippen molar-refractivity contribution in [3.8, 4) is 0 Å². The van der Waals surface area contributed by atoms with Gasteiger partial charge in [-0.15, -0.1) is 0 Å². The van der Waals surface area contributed by atoms with Gasteiger partial charge in [0.05, 0.1) is 18.6 Å². The number of carbonyl (C=O) groups excluding carboxylic acids is 1. The van der Waals surface area contributed by atoms with Crippen LogP contribution in [0, 0.1) is 0 Å². The predicted molar refractivity (Wildman–Crippen MR) is 138 cm³/mol. The molecule has 0 aliphatic carbocycles. The number of anilines is 1. The second-order valence-electron chi connectivity index (χ2n) is 8.55. The summed E-state index contributed by atoms with van der Waals surface area (Å²) in [6, 6.07) is 16.3.